The van der Waals surface area contributed by atoms with Crippen LogP contribution in [0.25, 0.3) is 0 Å². The van der Waals surface area contributed by atoms with E-state index in [2.05, 4.69) is 20.3 Å². The molecule has 0 atom stereocenters. The van der Waals surface area contributed by atoms with Gasteiger partial charge in [-0.2, -0.15) is 12.8 Å². The van der Waals surface area contributed by atoms with Gasteiger partial charge >= 0.3 is 0 Å². The van der Waals surface area contributed by atoms with E-state index in [9.17, 15) is 8.42 Å². The van der Waals surface area contributed by atoms with Gasteiger partial charge in [-0.3, -0.25) is 0 Å². The Morgan fingerprint density at radius 3 is 2.83 bits per heavy atom. The second-order valence-corrected chi connectivity index (χ2v) is 4.91. The molecule has 0 spiro atoms. The normalized spacial score (nSPS) is 17.8. The van der Waals surface area contributed by atoms with Gasteiger partial charge in [-0.25, -0.2) is 0 Å². The van der Waals surface area contributed by atoms with Crippen LogP contribution >= 0.6 is 15.9 Å². The van der Waals surface area contributed by atoms with Crippen molar-refractivity contribution in [1.29, 1.82) is 0 Å². The smallest absolute Gasteiger partial charge is 0.199 e. The van der Waals surface area contributed by atoms with E-state index in [0.29, 0.717) is 5.56 Å². The fourth-order valence-corrected chi connectivity index (χ4v) is 2.59. The summed E-state index contributed by atoms with van der Waals surface area (Å²) in [6, 6.07) is 5.05. The van der Waals surface area contributed by atoms with Crippen LogP contribution in [0.4, 0.5) is 0 Å². The first kappa shape index (κ1) is 7.94. The number of halogens is 1. The SMILES string of the molecule is O=S1(=O)N=Cc2ccc(Br)cc21. The molecule has 1 aromatic carbocycles. The third-order valence-corrected chi connectivity index (χ3v) is 3.37. The van der Waals surface area contributed by atoms with Crippen LogP contribution in [0.1, 0.15) is 5.56 Å². The Kier molecular flexibility index (Phi) is 1.59. The average Bonchev–Trinajstić information content (AvgIpc) is 2.28. The lowest BCUT2D eigenvalue weighted by atomic mass is 10.2. The highest BCUT2D eigenvalue weighted by Crippen LogP contribution is 2.25. The first-order valence-corrected chi connectivity index (χ1v) is 5.43. The lowest BCUT2D eigenvalue weighted by Gasteiger charge is -1.95. The predicted octanol–water partition coefficient (Wildman–Crippen LogP) is 1.57. The Morgan fingerprint density at radius 2 is 2.08 bits per heavy atom. The van der Waals surface area contributed by atoms with Crippen molar-refractivity contribution in [2.45, 2.75) is 4.90 Å². The van der Waals surface area contributed by atoms with Crippen molar-refractivity contribution in [3.05, 3.63) is 28.2 Å². The summed E-state index contributed by atoms with van der Waals surface area (Å²) in [5, 5.41) is 0. The standard InChI is InChI=1S/C7H4BrNO2S/c8-6-2-1-5-4-9-12(10,11)7(5)3-6/h1-4H. The van der Waals surface area contributed by atoms with Crippen LogP contribution in [0.5, 0.6) is 0 Å². The number of sulfonamides is 1. The fourth-order valence-electron chi connectivity index (χ4n) is 1.02. The maximum Gasteiger partial charge on any atom is 0.282 e. The Balaban J connectivity index is 2.80. The average molecular weight is 246 g/mol. The number of nitrogens with zero attached hydrogens (tertiary/aromatic N) is 1. The number of benzene rings is 1. The number of rotatable bonds is 0. The summed E-state index contributed by atoms with van der Waals surface area (Å²) in [7, 11) is -3.39. The molecule has 0 aliphatic carbocycles. The van der Waals surface area contributed by atoms with Gasteiger partial charge in [0.05, 0.1) is 4.90 Å². The van der Waals surface area contributed by atoms with Gasteiger partial charge in [0.15, 0.2) is 0 Å². The molecule has 12 heavy (non-hydrogen) atoms. The zero-order valence-electron chi connectivity index (χ0n) is 5.86. The fraction of sp³-hybridized carbons (Fsp3) is 0. The van der Waals surface area contributed by atoms with Crippen LogP contribution in [0.2, 0.25) is 0 Å². The van der Waals surface area contributed by atoms with Crippen molar-refractivity contribution in [3.63, 3.8) is 0 Å². The van der Waals surface area contributed by atoms with E-state index in [1.807, 2.05) is 0 Å². The maximum atomic E-state index is 11.2. The van der Waals surface area contributed by atoms with E-state index in [-0.39, 0.29) is 4.90 Å². The number of hydrogen-bond donors (Lipinski definition) is 0. The molecule has 0 radical (unpaired) electrons. The summed E-state index contributed by atoms with van der Waals surface area (Å²) in [4.78, 5) is 0.275. The highest BCUT2D eigenvalue weighted by atomic mass is 79.9. The van der Waals surface area contributed by atoms with Crippen LogP contribution in [0, 0.1) is 0 Å². The summed E-state index contributed by atoms with van der Waals surface area (Å²) in [5.41, 5.74) is 0.651. The second kappa shape index (κ2) is 2.40. The predicted molar refractivity (Wildman–Crippen MR) is 48.9 cm³/mol. The minimum Gasteiger partial charge on any atom is -0.199 e. The summed E-state index contributed by atoms with van der Waals surface area (Å²) in [6.45, 7) is 0. The van der Waals surface area contributed by atoms with Crippen LogP contribution in [-0.2, 0) is 10.0 Å². The first-order chi connectivity index (χ1) is 5.59. The van der Waals surface area contributed by atoms with E-state index in [1.54, 1.807) is 18.2 Å². The van der Waals surface area contributed by atoms with Crippen molar-refractivity contribution in [2.24, 2.45) is 4.40 Å². The third kappa shape index (κ3) is 1.09. The summed E-state index contributed by atoms with van der Waals surface area (Å²) < 4.78 is 26.5. The third-order valence-electron chi connectivity index (χ3n) is 1.58. The monoisotopic (exact) mass is 245 g/mol. The molecule has 0 aromatic heterocycles. The Hall–Kier alpha value is -0.680. The van der Waals surface area contributed by atoms with Crippen molar-refractivity contribution in [3.8, 4) is 0 Å². The molecule has 3 nitrogen and oxygen atoms in total. The zero-order chi connectivity index (χ0) is 8.77. The Morgan fingerprint density at radius 1 is 1.33 bits per heavy atom. The largest absolute Gasteiger partial charge is 0.282 e. The molecule has 62 valence electrons. The number of hydrogen-bond acceptors (Lipinski definition) is 2. The molecule has 0 amide bonds. The molecule has 1 aromatic rings. The lowest BCUT2D eigenvalue weighted by Crippen LogP contribution is -1.92. The molecule has 0 N–H and O–H groups in total. The Bertz CT molecular complexity index is 464. The van der Waals surface area contributed by atoms with E-state index in [0.717, 1.165) is 4.47 Å². The van der Waals surface area contributed by atoms with Crippen molar-refractivity contribution < 1.29 is 8.42 Å². The molecule has 1 aliphatic rings. The minimum absolute atomic E-state index is 0.275. The topological polar surface area (TPSA) is 46.5 Å². The van der Waals surface area contributed by atoms with Crippen LogP contribution < -0.4 is 0 Å². The van der Waals surface area contributed by atoms with Crippen molar-refractivity contribution >= 4 is 32.2 Å². The van der Waals surface area contributed by atoms with E-state index >= 15 is 0 Å². The van der Waals surface area contributed by atoms with Crippen LogP contribution in [-0.4, -0.2) is 14.6 Å². The zero-order valence-corrected chi connectivity index (χ0v) is 8.26. The van der Waals surface area contributed by atoms with Crippen molar-refractivity contribution in [2.75, 3.05) is 0 Å². The van der Waals surface area contributed by atoms with Gasteiger partial charge < -0.3 is 0 Å². The highest BCUT2D eigenvalue weighted by Gasteiger charge is 2.21. The molecule has 0 saturated carbocycles. The Labute approximate surface area is 78.3 Å². The number of fused-ring (bicyclic) bond motifs is 1. The van der Waals surface area contributed by atoms with Crippen molar-refractivity contribution in [1.82, 2.24) is 0 Å². The molecular weight excluding hydrogens is 242 g/mol. The van der Waals surface area contributed by atoms with Gasteiger partial charge in [-0.1, -0.05) is 22.0 Å². The maximum absolute atomic E-state index is 11.2. The molecule has 0 unspecified atom stereocenters. The summed E-state index contributed by atoms with van der Waals surface area (Å²) in [6.07, 6.45) is 1.36. The van der Waals surface area contributed by atoms with Gasteiger partial charge in [0, 0.05) is 16.3 Å². The van der Waals surface area contributed by atoms with E-state index < -0.39 is 10.0 Å². The summed E-state index contributed by atoms with van der Waals surface area (Å²) in [5.74, 6) is 0. The quantitative estimate of drug-likeness (QED) is 0.697. The van der Waals surface area contributed by atoms with Gasteiger partial charge in [-0.15, -0.1) is 0 Å². The van der Waals surface area contributed by atoms with Gasteiger partial charge in [0.2, 0.25) is 0 Å². The lowest BCUT2D eigenvalue weighted by molar-refractivity contribution is 0.599. The summed E-state index contributed by atoms with van der Waals surface area (Å²) >= 11 is 3.20. The minimum atomic E-state index is -3.39. The van der Waals surface area contributed by atoms with Gasteiger partial charge in [-0.05, 0) is 12.1 Å². The molecule has 0 fully saturated rings. The highest BCUT2D eigenvalue weighted by molar-refractivity contribution is 9.10. The second-order valence-electron chi connectivity index (χ2n) is 2.39. The molecular formula is C7H4BrNO2S. The molecule has 0 bridgehead atoms. The van der Waals surface area contributed by atoms with E-state index in [1.165, 1.54) is 6.21 Å². The molecule has 1 heterocycles. The van der Waals surface area contributed by atoms with Crippen LogP contribution in [0.3, 0.4) is 0 Å². The molecule has 0 saturated heterocycles. The van der Waals surface area contributed by atoms with Gasteiger partial charge in [0.25, 0.3) is 10.0 Å². The molecule has 5 heteroatoms. The van der Waals surface area contributed by atoms with Gasteiger partial charge in [0.1, 0.15) is 0 Å². The first-order valence-electron chi connectivity index (χ1n) is 3.19. The molecule has 1 aliphatic heterocycles. The van der Waals surface area contributed by atoms with E-state index in [4.69, 9.17) is 0 Å². The molecule has 2 rings (SSSR count). The van der Waals surface area contributed by atoms with Crippen LogP contribution in [0.15, 0.2) is 32.0 Å².